The van der Waals surface area contributed by atoms with E-state index < -0.39 is 54.8 Å². The summed E-state index contributed by atoms with van der Waals surface area (Å²) in [5, 5.41) is 46.8. The van der Waals surface area contributed by atoms with Gasteiger partial charge in [-0.05, 0) is 0 Å². The Labute approximate surface area is 117 Å². The minimum Gasteiger partial charge on any atom is -0.815 e. The zero-order valence-electron chi connectivity index (χ0n) is 10.4. The van der Waals surface area contributed by atoms with Gasteiger partial charge in [-0.15, -0.1) is 0 Å². The lowest BCUT2D eigenvalue weighted by molar-refractivity contribution is -0.0370. The van der Waals surface area contributed by atoms with Gasteiger partial charge in [-0.3, -0.25) is 4.90 Å². The molecule has 5 N–H and O–H groups in total. The highest BCUT2D eigenvalue weighted by atomic mass is 32.3. The summed E-state index contributed by atoms with van der Waals surface area (Å²) in [6.45, 7) is -1.77. The van der Waals surface area contributed by atoms with Gasteiger partial charge < -0.3 is 54.5 Å². The maximum atomic E-state index is 10.4. The van der Waals surface area contributed by atoms with E-state index in [1.807, 2.05) is 0 Å². The van der Waals surface area contributed by atoms with E-state index in [1.54, 1.807) is 0 Å². The topological polar surface area (TPSA) is 183 Å². The lowest BCUT2D eigenvalue weighted by Crippen LogP contribution is -2.47. The number of rotatable bonds is 7. The Balaban J connectivity index is 2.62. The first-order chi connectivity index (χ1) is 9.19. The van der Waals surface area contributed by atoms with Crippen LogP contribution >= 0.6 is 11.2 Å². The zero-order valence-corrected chi connectivity index (χ0v) is 11.3. The van der Waals surface area contributed by atoms with E-state index in [2.05, 4.69) is 4.18 Å². The molecule has 11 heteroatoms. The smallest absolute Gasteiger partial charge is 0.116 e. The molecule has 1 rings (SSSR count). The van der Waals surface area contributed by atoms with Crippen molar-refractivity contribution in [2.45, 2.75) is 30.5 Å². The van der Waals surface area contributed by atoms with E-state index in [0.717, 1.165) is 0 Å². The fourth-order valence-electron chi connectivity index (χ4n) is 2.11. The molecule has 0 aromatic rings. The predicted molar refractivity (Wildman–Crippen MR) is 62.3 cm³/mol. The number of aliphatic hydroxyl groups excluding tert-OH is 5. The van der Waals surface area contributed by atoms with Gasteiger partial charge in [0.05, 0.1) is 37.6 Å². The van der Waals surface area contributed by atoms with Gasteiger partial charge in [0.15, 0.2) is 0 Å². The van der Waals surface area contributed by atoms with Crippen LogP contribution in [0.4, 0.5) is 0 Å². The molecular formula is C9H18NO9S-3. The molecule has 0 aromatic heterocycles. The summed E-state index contributed by atoms with van der Waals surface area (Å²) in [6, 6.07) is -0.845. The summed E-state index contributed by atoms with van der Waals surface area (Å²) in [5.74, 6) is 0. The van der Waals surface area contributed by atoms with Crippen LogP contribution in [0.15, 0.2) is 0 Å². The van der Waals surface area contributed by atoms with Crippen LogP contribution in [-0.4, -0.2) is 101 Å². The fraction of sp³-hybridized carbons (Fsp3) is 1.00. The van der Waals surface area contributed by atoms with Crippen molar-refractivity contribution in [1.82, 2.24) is 4.90 Å². The monoisotopic (exact) mass is 316 g/mol. The molecule has 0 amide bonds. The van der Waals surface area contributed by atoms with Crippen LogP contribution < -0.4 is 0 Å². The fourth-order valence-corrected chi connectivity index (χ4v) is 2.61. The second-order valence-corrected chi connectivity index (χ2v) is 5.56. The van der Waals surface area contributed by atoms with Gasteiger partial charge in [-0.25, -0.2) is 0 Å². The number of β-amino-alcohol motifs (C(OH)–C–C–N with tert-alkyl or cyclic N) is 2. The predicted octanol–water partition coefficient (Wildman–Crippen LogP) is -3.77. The largest absolute Gasteiger partial charge is 0.815 e. The average Bonchev–Trinajstić information content (AvgIpc) is 2.60. The molecular weight excluding hydrogens is 298 g/mol. The van der Waals surface area contributed by atoms with Gasteiger partial charge in [-0.1, -0.05) is 0 Å². The van der Waals surface area contributed by atoms with Crippen molar-refractivity contribution in [2.24, 2.45) is 0 Å². The van der Waals surface area contributed by atoms with Crippen LogP contribution in [0, 0.1) is 0 Å². The molecule has 1 aliphatic rings. The highest BCUT2D eigenvalue weighted by Gasteiger charge is 2.40. The summed E-state index contributed by atoms with van der Waals surface area (Å²) in [5.41, 5.74) is 0. The molecule has 122 valence electrons. The standard InChI is InChI=1S/C9H21NO9S/c11-3-5-9(15)7(14)2-10(5)1-6(13)8(4-12)19-20(16,17)18/h5-9,11-18H,1-4H2/p-3/t5-,6+,7-,8-,9+/m1/s1. The van der Waals surface area contributed by atoms with Crippen molar-refractivity contribution in [3.05, 3.63) is 0 Å². The molecule has 10 nitrogen and oxygen atoms in total. The number of hydrogen-bond acceptors (Lipinski definition) is 10. The van der Waals surface area contributed by atoms with Crippen molar-refractivity contribution in [3.63, 3.8) is 0 Å². The van der Waals surface area contributed by atoms with Crippen LogP contribution in [0.5, 0.6) is 0 Å². The Morgan fingerprint density at radius 1 is 1.25 bits per heavy atom. The van der Waals surface area contributed by atoms with Crippen molar-refractivity contribution in [2.75, 3.05) is 26.3 Å². The first kappa shape index (κ1) is 18.0. The molecule has 5 atom stereocenters. The van der Waals surface area contributed by atoms with E-state index in [-0.39, 0.29) is 13.1 Å². The number of aliphatic hydroxyl groups is 5. The van der Waals surface area contributed by atoms with Gasteiger partial charge in [-0.2, -0.15) is 0 Å². The quantitative estimate of drug-likeness (QED) is 0.312. The summed E-state index contributed by atoms with van der Waals surface area (Å²) >= 11 is -5.09. The number of hydrogen-bond donors (Lipinski definition) is 5. The second-order valence-electron chi connectivity index (χ2n) is 4.55. The molecule has 0 radical (unpaired) electrons. The van der Waals surface area contributed by atoms with Crippen molar-refractivity contribution >= 4 is 11.2 Å². The van der Waals surface area contributed by atoms with E-state index in [4.69, 9.17) is 10.2 Å². The van der Waals surface area contributed by atoms with Gasteiger partial charge in [0.25, 0.3) is 0 Å². The highest BCUT2D eigenvalue weighted by molar-refractivity contribution is 8.14. The van der Waals surface area contributed by atoms with E-state index in [1.165, 1.54) is 4.90 Å². The summed E-state index contributed by atoms with van der Waals surface area (Å²) in [6.07, 6.45) is -5.57. The Bertz CT molecular complexity index is 302. The first-order valence-electron chi connectivity index (χ1n) is 5.83. The van der Waals surface area contributed by atoms with E-state index in [9.17, 15) is 29.0 Å². The van der Waals surface area contributed by atoms with Crippen molar-refractivity contribution in [1.29, 1.82) is 0 Å². The average molecular weight is 316 g/mol. The maximum absolute atomic E-state index is 10.4. The zero-order chi connectivity index (χ0) is 15.5. The Morgan fingerprint density at radius 3 is 2.30 bits per heavy atom. The second kappa shape index (κ2) is 7.29. The molecule has 0 unspecified atom stereocenters. The summed E-state index contributed by atoms with van der Waals surface area (Å²) < 4.78 is 35.3. The molecule has 1 saturated heterocycles. The number of likely N-dealkylation sites (tertiary alicyclic amines) is 1. The summed E-state index contributed by atoms with van der Waals surface area (Å²) in [4.78, 5) is 1.31. The first-order valence-corrected chi connectivity index (χ1v) is 7.17. The molecule has 20 heavy (non-hydrogen) atoms. The third-order valence-electron chi connectivity index (χ3n) is 3.14. The van der Waals surface area contributed by atoms with E-state index >= 15 is 0 Å². The maximum Gasteiger partial charge on any atom is 0.116 e. The van der Waals surface area contributed by atoms with Gasteiger partial charge in [0.1, 0.15) is 6.10 Å². The molecule has 0 bridgehead atoms. The molecule has 0 aliphatic carbocycles. The lowest BCUT2D eigenvalue weighted by atomic mass is 10.1. The van der Waals surface area contributed by atoms with Crippen LogP contribution in [-0.2, 0) is 4.18 Å². The van der Waals surface area contributed by atoms with Crippen LogP contribution in [0.25, 0.3) is 0 Å². The third-order valence-corrected chi connectivity index (χ3v) is 3.62. The Kier molecular flexibility index (Phi) is 6.56. The SMILES string of the molecule is [O-]S([O-])([O-])O[C@H](CO)[C@@H](O)CN1C[C@@H](O)[C@@H](O)[C@H]1CO. The number of nitrogens with zero attached hydrogens (tertiary/aromatic N) is 1. The molecule has 0 spiro atoms. The molecule has 1 fully saturated rings. The van der Waals surface area contributed by atoms with Crippen LogP contribution in [0.1, 0.15) is 0 Å². The third kappa shape index (κ3) is 4.75. The Hall–Kier alpha value is -0.0500. The van der Waals surface area contributed by atoms with Crippen LogP contribution in [0.2, 0.25) is 0 Å². The molecule has 1 heterocycles. The highest BCUT2D eigenvalue weighted by Crippen LogP contribution is 2.35. The van der Waals surface area contributed by atoms with Gasteiger partial charge in [0, 0.05) is 13.1 Å². The molecule has 0 aromatic carbocycles. The summed E-state index contributed by atoms with van der Waals surface area (Å²) in [7, 11) is 0. The minimum absolute atomic E-state index is 0.0638. The van der Waals surface area contributed by atoms with E-state index in [0.29, 0.717) is 0 Å². The van der Waals surface area contributed by atoms with Gasteiger partial charge >= 0.3 is 0 Å². The molecule has 1 aliphatic heterocycles. The minimum atomic E-state index is -5.09. The van der Waals surface area contributed by atoms with Gasteiger partial charge in [0.2, 0.25) is 0 Å². The van der Waals surface area contributed by atoms with Crippen LogP contribution in [0.3, 0.4) is 0 Å². The van der Waals surface area contributed by atoms with Crippen molar-refractivity contribution in [3.8, 4) is 0 Å². The Morgan fingerprint density at radius 2 is 1.85 bits per heavy atom. The van der Waals surface area contributed by atoms with Crippen molar-refractivity contribution < 1.29 is 43.4 Å². The lowest BCUT2D eigenvalue weighted by Gasteiger charge is -2.63. The molecule has 0 saturated carbocycles. The normalized spacial score (nSPS) is 32.3.